The lowest BCUT2D eigenvalue weighted by Gasteiger charge is -2.31. The maximum Gasteiger partial charge on any atom is 0.418 e. The van der Waals surface area contributed by atoms with Crippen molar-refractivity contribution in [2.75, 3.05) is 13.1 Å². The molecule has 0 spiro atoms. The van der Waals surface area contributed by atoms with Crippen LogP contribution in [0.1, 0.15) is 47.3 Å². The minimum atomic E-state index is -4.59. The zero-order valence-corrected chi connectivity index (χ0v) is 13.8. The monoisotopic (exact) mass is 352 g/mol. The summed E-state index contributed by atoms with van der Waals surface area (Å²) in [6, 6.07) is 2.09. The van der Waals surface area contributed by atoms with Gasteiger partial charge in [-0.25, -0.2) is 0 Å². The molecule has 8 heteroatoms. The Morgan fingerprint density at radius 1 is 1.32 bits per heavy atom. The van der Waals surface area contributed by atoms with Crippen LogP contribution in [0.15, 0.2) is 30.7 Å². The van der Waals surface area contributed by atoms with Crippen molar-refractivity contribution in [3.63, 3.8) is 0 Å². The average molecular weight is 352 g/mol. The van der Waals surface area contributed by atoms with E-state index >= 15 is 0 Å². The number of likely N-dealkylation sites (tertiary alicyclic amines) is 1. The normalized spacial score (nSPS) is 16.2. The summed E-state index contributed by atoms with van der Waals surface area (Å²) in [7, 11) is 0. The molecule has 1 aliphatic rings. The number of nitrogens with zero attached hydrogens (tertiary/aromatic N) is 4. The molecule has 25 heavy (non-hydrogen) atoms. The largest absolute Gasteiger partial charge is 0.418 e. The minimum absolute atomic E-state index is 0.273. The van der Waals surface area contributed by atoms with Gasteiger partial charge in [-0.3, -0.25) is 14.5 Å². The van der Waals surface area contributed by atoms with Gasteiger partial charge in [0, 0.05) is 32.0 Å². The average Bonchev–Trinajstić information content (AvgIpc) is 3.10. The number of carbonyl (C=O) groups excluding carboxylic acids is 1. The van der Waals surface area contributed by atoms with Gasteiger partial charge in [-0.15, -0.1) is 0 Å². The maximum absolute atomic E-state index is 13.1. The number of alkyl halides is 3. The minimum Gasteiger partial charge on any atom is -0.337 e. The Balaban J connectivity index is 1.70. The van der Waals surface area contributed by atoms with Crippen LogP contribution in [0.25, 0.3) is 0 Å². The lowest BCUT2D eigenvalue weighted by molar-refractivity contribution is -0.138. The van der Waals surface area contributed by atoms with Gasteiger partial charge in [-0.1, -0.05) is 0 Å². The van der Waals surface area contributed by atoms with E-state index in [0.717, 1.165) is 18.2 Å². The Morgan fingerprint density at radius 2 is 2.04 bits per heavy atom. The van der Waals surface area contributed by atoms with Crippen LogP contribution in [0.5, 0.6) is 0 Å². The lowest BCUT2D eigenvalue weighted by Crippen LogP contribution is -2.39. The van der Waals surface area contributed by atoms with Crippen molar-refractivity contribution < 1.29 is 18.0 Å². The molecule has 1 amide bonds. The van der Waals surface area contributed by atoms with Crippen molar-refractivity contribution in [1.82, 2.24) is 19.7 Å². The second-order valence-corrected chi connectivity index (χ2v) is 6.09. The summed E-state index contributed by atoms with van der Waals surface area (Å²) in [6.07, 6.45) is 1.85. The van der Waals surface area contributed by atoms with Crippen LogP contribution in [-0.4, -0.2) is 38.7 Å². The number of hydrogen-bond acceptors (Lipinski definition) is 3. The Hall–Kier alpha value is -2.38. The SMILES string of the molecule is CCn1cc(C2CCN(C(=O)c3ncccc3C(F)(F)F)CC2)cn1. The molecule has 134 valence electrons. The van der Waals surface area contributed by atoms with E-state index in [1.165, 1.54) is 17.2 Å². The fraction of sp³-hybridized carbons (Fsp3) is 0.471. The van der Waals surface area contributed by atoms with Crippen LogP contribution in [0.4, 0.5) is 13.2 Å². The fourth-order valence-corrected chi connectivity index (χ4v) is 3.13. The van der Waals surface area contributed by atoms with Gasteiger partial charge in [-0.05, 0) is 43.4 Å². The van der Waals surface area contributed by atoms with Crippen molar-refractivity contribution in [1.29, 1.82) is 0 Å². The summed E-state index contributed by atoms with van der Waals surface area (Å²) < 4.78 is 41.1. The molecule has 0 atom stereocenters. The molecular weight excluding hydrogens is 333 g/mol. The Kier molecular flexibility index (Phi) is 4.78. The standard InChI is InChI=1S/C17H19F3N4O/c1-2-24-11-13(10-22-24)12-5-8-23(9-6-12)16(25)15-14(17(18,19)20)4-3-7-21-15/h3-4,7,10-12H,2,5-6,8-9H2,1H3. The molecule has 0 bridgehead atoms. The zero-order valence-electron chi connectivity index (χ0n) is 13.8. The first kappa shape index (κ1) is 17.4. The molecule has 1 fully saturated rings. The number of carbonyl (C=O) groups is 1. The zero-order chi connectivity index (χ0) is 18.0. The van der Waals surface area contributed by atoms with E-state index in [9.17, 15) is 18.0 Å². The molecule has 1 saturated heterocycles. The van der Waals surface area contributed by atoms with E-state index in [0.29, 0.717) is 25.9 Å². The third-order valence-corrected chi connectivity index (χ3v) is 4.55. The van der Waals surface area contributed by atoms with Crippen molar-refractivity contribution in [2.24, 2.45) is 0 Å². The second kappa shape index (κ2) is 6.85. The predicted molar refractivity (Wildman–Crippen MR) is 85.0 cm³/mol. The molecule has 0 aromatic carbocycles. The quantitative estimate of drug-likeness (QED) is 0.851. The van der Waals surface area contributed by atoms with E-state index in [4.69, 9.17) is 0 Å². The molecule has 3 heterocycles. The van der Waals surface area contributed by atoms with Gasteiger partial charge < -0.3 is 4.90 Å². The van der Waals surface area contributed by atoms with Gasteiger partial charge in [0.2, 0.25) is 0 Å². The molecule has 3 rings (SSSR count). The van der Waals surface area contributed by atoms with Crippen LogP contribution in [0.3, 0.4) is 0 Å². The molecule has 2 aromatic heterocycles. The van der Waals surface area contributed by atoms with Crippen molar-refractivity contribution in [2.45, 2.75) is 38.4 Å². The van der Waals surface area contributed by atoms with E-state index in [1.807, 2.05) is 24.0 Å². The molecular formula is C17H19F3N4O. The Morgan fingerprint density at radius 3 is 2.64 bits per heavy atom. The summed E-state index contributed by atoms with van der Waals surface area (Å²) in [4.78, 5) is 17.7. The van der Waals surface area contributed by atoms with E-state index in [2.05, 4.69) is 10.1 Å². The number of aryl methyl sites for hydroxylation is 1. The van der Waals surface area contributed by atoms with Gasteiger partial charge in [-0.2, -0.15) is 18.3 Å². The fourth-order valence-electron chi connectivity index (χ4n) is 3.13. The summed E-state index contributed by atoms with van der Waals surface area (Å²) in [6.45, 7) is 3.61. The molecule has 0 N–H and O–H groups in total. The Labute approximate surface area is 143 Å². The summed E-state index contributed by atoms with van der Waals surface area (Å²) in [5.74, 6) is -0.384. The van der Waals surface area contributed by atoms with Gasteiger partial charge in [0.15, 0.2) is 0 Å². The predicted octanol–water partition coefficient (Wildman–Crippen LogP) is 3.34. The van der Waals surface area contributed by atoms with Crippen LogP contribution in [-0.2, 0) is 12.7 Å². The molecule has 5 nitrogen and oxygen atoms in total. The molecule has 0 saturated carbocycles. The maximum atomic E-state index is 13.1. The first-order chi connectivity index (χ1) is 11.9. The van der Waals surface area contributed by atoms with Gasteiger partial charge >= 0.3 is 6.18 Å². The second-order valence-electron chi connectivity index (χ2n) is 6.09. The highest BCUT2D eigenvalue weighted by molar-refractivity contribution is 5.94. The van der Waals surface area contributed by atoms with Gasteiger partial charge in [0.1, 0.15) is 5.69 Å². The molecule has 2 aromatic rings. The van der Waals surface area contributed by atoms with Crippen molar-refractivity contribution in [3.05, 3.63) is 47.5 Å². The Bertz CT molecular complexity index is 748. The number of aromatic nitrogens is 3. The number of pyridine rings is 1. The molecule has 1 aliphatic heterocycles. The number of hydrogen-bond donors (Lipinski definition) is 0. The summed E-state index contributed by atoms with van der Waals surface area (Å²) >= 11 is 0. The van der Waals surface area contributed by atoms with Crippen LogP contribution < -0.4 is 0 Å². The van der Waals surface area contributed by atoms with Gasteiger partial charge in [0.05, 0.1) is 11.8 Å². The van der Waals surface area contributed by atoms with Crippen LogP contribution >= 0.6 is 0 Å². The third-order valence-electron chi connectivity index (χ3n) is 4.55. The van der Waals surface area contributed by atoms with Gasteiger partial charge in [0.25, 0.3) is 5.91 Å². The molecule has 0 radical (unpaired) electrons. The highest BCUT2D eigenvalue weighted by atomic mass is 19.4. The van der Waals surface area contributed by atoms with E-state index < -0.39 is 23.3 Å². The number of piperidine rings is 1. The van der Waals surface area contributed by atoms with Crippen molar-refractivity contribution in [3.8, 4) is 0 Å². The number of rotatable bonds is 3. The summed E-state index contributed by atoms with van der Waals surface area (Å²) in [5, 5.41) is 4.25. The lowest BCUT2D eigenvalue weighted by atomic mass is 9.91. The first-order valence-corrected chi connectivity index (χ1v) is 8.24. The van der Waals surface area contributed by atoms with E-state index in [1.54, 1.807) is 0 Å². The molecule has 0 unspecified atom stereocenters. The first-order valence-electron chi connectivity index (χ1n) is 8.24. The number of halogens is 3. The van der Waals surface area contributed by atoms with E-state index in [-0.39, 0.29) is 5.92 Å². The third kappa shape index (κ3) is 3.67. The smallest absolute Gasteiger partial charge is 0.337 e. The number of amides is 1. The molecule has 0 aliphatic carbocycles. The topological polar surface area (TPSA) is 51.0 Å². The van der Waals surface area contributed by atoms with Crippen molar-refractivity contribution >= 4 is 5.91 Å². The van der Waals surface area contributed by atoms with Crippen LogP contribution in [0.2, 0.25) is 0 Å². The van der Waals surface area contributed by atoms with Crippen LogP contribution in [0, 0.1) is 0 Å². The summed E-state index contributed by atoms with van der Waals surface area (Å²) in [5.41, 5.74) is -0.388. The highest BCUT2D eigenvalue weighted by Gasteiger charge is 2.37. The highest BCUT2D eigenvalue weighted by Crippen LogP contribution is 2.33.